The molecule has 1 aliphatic carbocycles. The van der Waals surface area contributed by atoms with Gasteiger partial charge in [-0.15, -0.1) is 0 Å². The number of ether oxygens (including phenoxy) is 2. The molecule has 0 saturated heterocycles. The largest absolute Gasteiger partial charge is 0.495 e. The standard InChI is InChI=1S/C25H24BrNO7S/c1-32-19-12-27-13-20-22(19)24(29)23(28)18(14-33-35(2,30)31)21(15-6-4-3-5-7-15)25(24,34-20)16-8-10-17(26)11-9-16/h3-13,18,21,23,28-29H,14H2,1-2H3/t18-,21-,23-,24+,25+/m1/s1. The van der Waals surface area contributed by atoms with Gasteiger partial charge in [0.05, 0.1) is 44.0 Å². The Morgan fingerprint density at radius 1 is 1.11 bits per heavy atom. The van der Waals surface area contributed by atoms with E-state index in [-0.39, 0.29) is 23.7 Å². The molecule has 5 rings (SSSR count). The van der Waals surface area contributed by atoms with Gasteiger partial charge in [-0.3, -0.25) is 9.17 Å². The molecule has 0 amide bonds. The van der Waals surface area contributed by atoms with Crippen molar-refractivity contribution >= 4 is 26.0 Å². The van der Waals surface area contributed by atoms with Gasteiger partial charge in [-0.25, -0.2) is 0 Å². The SMILES string of the molecule is COc1cncc2c1[C@]1(O)[C@H](O)[C@H](COS(C)(=O)=O)[C@@H](c3ccccc3)[C@]1(c1ccc(Br)cc1)O2. The van der Waals surface area contributed by atoms with Crippen LogP contribution in [0.1, 0.15) is 22.6 Å². The van der Waals surface area contributed by atoms with Gasteiger partial charge in [-0.05, 0) is 23.3 Å². The van der Waals surface area contributed by atoms with Crippen molar-refractivity contribution in [2.24, 2.45) is 5.92 Å². The molecule has 8 nitrogen and oxygen atoms in total. The van der Waals surface area contributed by atoms with Crippen LogP contribution in [-0.2, 0) is 25.5 Å². The van der Waals surface area contributed by atoms with Gasteiger partial charge in [0.1, 0.15) is 11.5 Å². The second kappa shape index (κ2) is 8.56. The third kappa shape index (κ3) is 3.58. The van der Waals surface area contributed by atoms with Crippen LogP contribution in [0, 0.1) is 5.92 Å². The molecule has 0 unspecified atom stereocenters. The Morgan fingerprint density at radius 2 is 1.80 bits per heavy atom. The Hall–Kier alpha value is -2.50. The maximum absolute atomic E-state index is 12.6. The molecule has 35 heavy (non-hydrogen) atoms. The van der Waals surface area contributed by atoms with Crippen molar-refractivity contribution in [3.8, 4) is 11.5 Å². The van der Waals surface area contributed by atoms with E-state index in [1.165, 1.54) is 19.5 Å². The summed E-state index contributed by atoms with van der Waals surface area (Å²) in [5, 5.41) is 24.4. The number of methoxy groups -OCH3 is 1. The van der Waals surface area contributed by atoms with E-state index in [0.717, 1.165) is 16.3 Å². The molecule has 1 saturated carbocycles. The van der Waals surface area contributed by atoms with E-state index < -0.39 is 39.3 Å². The predicted molar refractivity (Wildman–Crippen MR) is 131 cm³/mol. The number of nitrogens with zero attached hydrogens (tertiary/aromatic N) is 1. The van der Waals surface area contributed by atoms with Gasteiger partial charge < -0.3 is 19.7 Å². The Morgan fingerprint density at radius 3 is 2.43 bits per heavy atom. The Labute approximate surface area is 211 Å². The summed E-state index contributed by atoms with van der Waals surface area (Å²) < 4.78 is 42.0. The maximum atomic E-state index is 12.6. The normalized spacial score (nSPS) is 29.3. The zero-order valence-electron chi connectivity index (χ0n) is 19.0. The van der Waals surface area contributed by atoms with E-state index in [2.05, 4.69) is 20.9 Å². The van der Waals surface area contributed by atoms with Crippen LogP contribution in [0.4, 0.5) is 0 Å². The number of rotatable bonds is 6. The first-order chi connectivity index (χ1) is 16.6. The highest BCUT2D eigenvalue weighted by atomic mass is 79.9. The third-order valence-electron chi connectivity index (χ3n) is 6.92. The van der Waals surface area contributed by atoms with Gasteiger partial charge in [0.15, 0.2) is 11.2 Å². The van der Waals surface area contributed by atoms with E-state index >= 15 is 0 Å². The number of fused-ring (bicyclic) bond motifs is 3. The highest BCUT2D eigenvalue weighted by molar-refractivity contribution is 9.10. The Balaban J connectivity index is 1.83. The van der Waals surface area contributed by atoms with Crippen LogP contribution < -0.4 is 9.47 Å². The number of aliphatic hydroxyl groups excluding tert-OH is 1. The molecular weight excluding hydrogens is 538 g/mol. The van der Waals surface area contributed by atoms with Crippen LogP contribution in [0.5, 0.6) is 11.5 Å². The molecule has 3 aromatic rings. The minimum Gasteiger partial charge on any atom is -0.495 e. The molecule has 10 heteroatoms. The monoisotopic (exact) mass is 561 g/mol. The van der Waals surface area contributed by atoms with Crippen molar-refractivity contribution in [2.45, 2.75) is 23.2 Å². The second-order valence-corrected chi connectivity index (χ2v) is 11.4. The van der Waals surface area contributed by atoms with Crippen molar-refractivity contribution in [3.05, 3.63) is 88.2 Å². The van der Waals surface area contributed by atoms with Crippen LogP contribution in [-0.4, -0.2) is 49.7 Å². The fraction of sp³-hybridized carbons (Fsp3) is 0.320. The number of halogens is 1. The molecule has 0 bridgehead atoms. The molecule has 2 N–H and O–H groups in total. The van der Waals surface area contributed by atoms with Gasteiger partial charge >= 0.3 is 0 Å². The summed E-state index contributed by atoms with van der Waals surface area (Å²) in [7, 11) is -2.38. The molecule has 5 atom stereocenters. The zero-order valence-corrected chi connectivity index (χ0v) is 21.4. The summed E-state index contributed by atoms with van der Waals surface area (Å²) in [6.07, 6.45) is 2.40. The first kappa shape index (κ1) is 24.2. The quantitative estimate of drug-likeness (QED) is 0.441. The molecule has 1 fully saturated rings. The van der Waals surface area contributed by atoms with Crippen molar-refractivity contribution < 1.29 is 32.3 Å². The van der Waals surface area contributed by atoms with E-state index in [0.29, 0.717) is 5.56 Å². The molecular formula is C25H24BrNO7S. The third-order valence-corrected chi connectivity index (χ3v) is 8.01. The first-order valence-electron chi connectivity index (χ1n) is 10.9. The number of benzene rings is 2. The highest BCUT2D eigenvalue weighted by Gasteiger charge is 2.76. The van der Waals surface area contributed by atoms with Crippen molar-refractivity contribution in [1.82, 2.24) is 4.98 Å². The lowest BCUT2D eigenvalue weighted by atomic mass is 9.70. The fourth-order valence-electron chi connectivity index (χ4n) is 5.62. The fourth-order valence-corrected chi connectivity index (χ4v) is 6.29. The van der Waals surface area contributed by atoms with Gasteiger partial charge in [-0.2, -0.15) is 8.42 Å². The average molecular weight is 562 g/mol. The highest BCUT2D eigenvalue weighted by Crippen LogP contribution is 2.69. The smallest absolute Gasteiger partial charge is 0.264 e. The molecule has 184 valence electrons. The number of aliphatic hydroxyl groups is 2. The van der Waals surface area contributed by atoms with E-state index in [1.54, 1.807) is 0 Å². The summed E-state index contributed by atoms with van der Waals surface area (Å²) in [6, 6.07) is 16.5. The summed E-state index contributed by atoms with van der Waals surface area (Å²) in [5.41, 5.74) is -1.97. The van der Waals surface area contributed by atoms with Gasteiger partial charge in [0, 0.05) is 16.3 Å². The summed E-state index contributed by atoms with van der Waals surface area (Å²) >= 11 is 3.45. The molecule has 1 aromatic heterocycles. The molecule has 1 aliphatic heterocycles. The summed E-state index contributed by atoms with van der Waals surface area (Å²) in [6.45, 7) is -0.355. The van der Waals surface area contributed by atoms with Gasteiger partial charge in [0.25, 0.3) is 10.1 Å². The molecule has 2 aromatic carbocycles. The lowest BCUT2D eigenvalue weighted by Gasteiger charge is -2.41. The van der Waals surface area contributed by atoms with Crippen molar-refractivity contribution in [3.63, 3.8) is 0 Å². The lowest BCUT2D eigenvalue weighted by molar-refractivity contribution is -0.152. The topological polar surface area (TPSA) is 115 Å². The molecule has 0 radical (unpaired) electrons. The molecule has 2 heterocycles. The summed E-state index contributed by atoms with van der Waals surface area (Å²) in [5.74, 6) is -1.03. The van der Waals surface area contributed by atoms with Crippen LogP contribution in [0.3, 0.4) is 0 Å². The van der Waals surface area contributed by atoms with Crippen molar-refractivity contribution in [2.75, 3.05) is 20.0 Å². The minimum atomic E-state index is -3.82. The number of aromatic nitrogens is 1. The first-order valence-corrected chi connectivity index (χ1v) is 13.5. The maximum Gasteiger partial charge on any atom is 0.264 e. The van der Waals surface area contributed by atoms with E-state index in [9.17, 15) is 18.6 Å². The van der Waals surface area contributed by atoms with Crippen LogP contribution in [0.25, 0.3) is 0 Å². The molecule has 2 aliphatic rings. The van der Waals surface area contributed by atoms with Crippen molar-refractivity contribution in [1.29, 1.82) is 0 Å². The Bertz CT molecular complexity index is 1350. The van der Waals surface area contributed by atoms with Gasteiger partial charge in [0.2, 0.25) is 0 Å². The lowest BCUT2D eigenvalue weighted by Crippen LogP contribution is -2.52. The minimum absolute atomic E-state index is 0.250. The second-order valence-electron chi connectivity index (χ2n) is 8.81. The van der Waals surface area contributed by atoms with Crippen LogP contribution >= 0.6 is 15.9 Å². The average Bonchev–Trinajstić information content (AvgIpc) is 3.21. The Kier molecular flexibility index (Phi) is 5.92. The summed E-state index contributed by atoms with van der Waals surface area (Å²) in [4.78, 5) is 4.18. The van der Waals surface area contributed by atoms with Crippen LogP contribution in [0.15, 0.2) is 71.5 Å². The van der Waals surface area contributed by atoms with E-state index in [4.69, 9.17) is 13.7 Å². The molecule has 0 spiro atoms. The predicted octanol–water partition coefficient (Wildman–Crippen LogP) is 3.08. The van der Waals surface area contributed by atoms with Gasteiger partial charge in [-0.1, -0.05) is 58.4 Å². The van der Waals surface area contributed by atoms with E-state index in [1.807, 2.05) is 54.6 Å². The zero-order chi connectivity index (χ0) is 25.0. The number of hydrogen-bond acceptors (Lipinski definition) is 8. The van der Waals surface area contributed by atoms with Crippen LogP contribution in [0.2, 0.25) is 0 Å². The number of hydrogen-bond donors (Lipinski definition) is 2. The number of pyridine rings is 1.